The molecule has 1 aliphatic heterocycles. The molecular formula is C20H19F2N3O4. The van der Waals surface area contributed by atoms with Crippen LogP contribution in [0.25, 0.3) is 0 Å². The molecule has 2 N–H and O–H groups in total. The number of imide groups is 1. The van der Waals surface area contributed by atoms with Gasteiger partial charge in [0.05, 0.1) is 13.7 Å². The van der Waals surface area contributed by atoms with Crippen molar-refractivity contribution >= 4 is 23.5 Å². The maximum absolute atomic E-state index is 13.2. The molecule has 2 aromatic rings. The number of hydrogen-bond donors (Lipinski definition) is 2. The lowest BCUT2D eigenvalue weighted by atomic mass is 10.1. The number of nitrogens with one attached hydrogen (secondary N) is 2. The first-order valence-corrected chi connectivity index (χ1v) is 8.87. The minimum Gasteiger partial charge on any atom is -0.497 e. The van der Waals surface area contributed by atoms with Gasteiger partial charge in [0.1, 0.15) is 11.8 Å². The van der Waals surface area contributed by atoms with Crippen LogP contribution < -0.4 is 15.4 Å². The monoisotopic (exact) mass is 403 g/mol. The molecule has 3 rings (SSSR count). The average molecular weight is 403 g/mol. The standard InChI is InChI=1S/C20H19F2N3O4/c1-29-14-5-2-12(3-6-14)11-25-19(27)17(24-20(25)28)8-9-18(26)23-13-4-7-15(21)16(22)10-13/h2-7,10,17H,8-9,11H2,1H3,(H,23,26)(H,24,28). The summed E-state index contributed by atoms with van der Waals surface area (Å²) in [4.78, 5) is 37.7. The third-order valence-corrected chi connectivity index (χ3v) is 4.47. The molecule has 29 heavy (non-hydrogen) atoms. The Morgan fingerprint density at radius 2 is 1.86 bits per heavy atom. The predicted octanol–water partition coefficient (Wildman–Crippen LogP) is 2.81. The molecule has 0 saturated carbocycles. The van der Waals surface area contributed by atoms with E-state index in [4.69, 9.17) is 4.74 Å². The minimum absolute atomic E-state index is 0.0773. The van der Waals surface area contributed by atoms with Crippen molar-refractivity contribution in [2.75, 3.05) is 12.4 Å². The van der Waals surface area contributed by atoms with Gasteiger partial charge in [-0.1, -0.05) is 12.1 Å². The zero-order chi connectivity index (χ0) is 21.0. The number of methoxy groups -OCH3 is 1. The molecule has 0 bridgehead atoms. The number of nitrogens with zero attached hydrogens (tertiary/aromatic N) is 1. The summed E-state index contributed by atoms with van der Waals surface area (Å²) in [6, 6.07) is 8.62. The second kappa shape index (κ2) is 8.68. The predicted molar refractivity (Wildman–Crippen MR) is 100 cm³/mol. The Bertz CT molecular complexity index is 934. The van der Waals surface area contributed by atoms with E-state index in [2.05, 4.69) is 10.6 Å². The van der Waals surface area contributed by atoms with Crippen molar-refractivity contribution < 1.29 is 27.9 Å². The number of rotatable bonds is 7. The third-order valence-electron chi connectivity index (χ3n) is 4.47. The summed E-state index contributed by atoms with van der Waals surface area (Å²) < 4.78 is 31.2. The molecule has 9 heteroatoms. The molecule has 1 saturated heterocycles. The van der Waals surface area contributed by atoms with Crippen molar-refractivity contribution in [3.63, 3.8) is 0 Å². The average Bonchev–Trinajstić information content (AvgIpc) is 2.97. The Labute approximate surface area is 165 Å². The molecule has 0 spiro atoms. The Morgan fingerprint density at radius 3 is 2.52 bits per heavy atom. The summed E-state index contributed by atoms with van der Waals surface area (Å²) in [5, 5.41) is 4.98. The molecule has 152 valence electrons. The molecule has 1 fully saturated rings. The van der Waals surface area contributed by atoms with E-state index < -0.39 is 35.5 Å². The quantitative estimate of drug-likeness (QED) is 0.696. The van der Waals surface area contributed by atoms with Crippen molar-refractivity contribution in [1.82, 2.24) is 10.2 Å². The smallest absolute Gasteiger partial charge is 0.325 e. The molecule has 1 aliphatic rings. The van der Waals surface area contributed by atoms with Crippen LogP contribution in [0.4, 0.5) is 19.3 Å². The normalized spacial score (nSPS) is 16.0. The van der Waals surface area contributed by atoms with Crippen LogP contribution in [-0.2, 0) is 16.1 Å². The van der Waals surface area contributed by atoms with Crippen molar-refractivity contribution in [3.8, 4) is 5.75 Å². The molecule has 0 radical (unpaired) electrons. The fourth-order valence-corrected chi connectivity index (χ4v) is 2.91. The highest BCUT2D eigenvalue weighted by molar-refractivity contribution is 6.04. The lowest BCUT2D eigenvalue weighted by Crippen LogP contribution is -2.31. The van der Waals surface area contributed by atoms with Crippen LogP contribution in [0.1, 0.15) is 18.4 Å². The Hall–Kier alpha value is -3.49. The van der Waals surface area contributed by atoms with Gasteiger partial charge < -0.3 is 15.4 Å². The van der Waals surface area contributed by atoms with Crippen LogP contribution in [0.15, 0.2) is 42.5 Å². The van der Waals surface area contributed by atoms with E-state index in [1.54, 1.807) is 31.4 Å². The Morgan fingerprint density at radius 1 is 1.14 bits per heavy atom. The fraction of sp³-hybridized carbons (Fsp3) is 0.250. The maximum atomic E-state index is 13.2. The molecule has 7 nitrogen and oxygen atoms in total. The zero-order valence-corrected chi connectivity index (χ0v) is 15.6. The van der Waals surface area contributed by atoms with Gasteiger partial charge in [-0.2, -0.15) is 0 Å². The van der Waals surface area contributed by atoms with E-state index in [0.717, 1.165) is 22.6 Å². The topological polar surface area (TPSA) is 87.7 Å². The molecule has 1 atom stereocenters. The van der Waals surface area contributed by atoms with Gasteiger partial charge in [-0.3, -0.25) is 14.5 Å². The highest BCUT2D eigenvalue weighted by atomic mass is 19.2. The van der Waals surface area contributed by atoms with Gasteiger partial charge in [0, 0.05) is 18.2 Å². The molecule has 2 aromatic carbocycles. The van der Waals surface area contributed by atoms with E-state index in [1.165, 1.54) is 6.07 Å². The van der Waals surface area contributed by atoms with Crippen LogP contribution in [0.2, 0.25) is 0 Å². The van der Waals surface area contributed by atoms with Crippen molar-refractivity contribution in [3.05, 3.63) is 59.7 Å². The summed E-state index contributed by atoms with van der Waals surface area (Å²) >= 11 is 0. The van der Waals surface area contributed by atoms with Crippen LogP contribution >= 0.6 is 0 Å². The van der Waals surface area contributed by atoms with Crippen LogP contribution in [-0.4, -0.2) is 35.9 Å². The number of halogens is 2. The van der Waals surface area contributed by atoms with E-state index in [-0.39, 0.29) is 25.1 Å². The van der Waals surface area contributed by atoms with E-state index in [1.807, 2.05) is 0 Å². The number of carbonyl (C=O) groups is 3. The number of ether oxygens (including phenoxy) is 1. The maximum Gasteiger partial charge on any atom is 0.325 e. The summed E-state index contributed by atoms with van der Waals surface area (Å²) in [7, 11) is 1.54. The Kier molecular flexibility index (Phi) is 6.06. The van der Waals surface area contributed by atoms with Crippen molar-refractivity contribution in [2.24, 2.45) is 0 Å². The van der Waals surface area contributed by atoms with Gasteiger partial charge in [-0.05, 0) is 36.2 Å². The highest BCUT2D eigenvalue weighted by Crippen LogP contribution is 2.18. The van der Waals surface area contributed by atoms with Crippen LogP contribution in [0.5, 0.6) is 5.75 Å². The first-order chi connectivity index (χ1) is 13.9. The van der Waals surface area contributed by atoms with Crippen molar-refractivity contribution in [2.45, 2.75) is 25.4 Å². The molecule has 0 aromatic heterocycles. The zero-order valence-electron chi connectivity index (χ0n) is 15.6. The van der Waals surface area contributed by atoms with E-state index in [0.29, 0.717) is 5.75 Å². The largest absolute Gasteiger partial charge is 0.497 e. The van der Waals surface area contributed by atoms with Gasteiger partial charge in [-0.25, -0.2) is 13.6 Å². The molecule has 1 heterocycles. The summed E-state index contributed by atoms with van der Waals surface area (Å²) in [5.41, 5.74) is 0.864. The first kappa shape index (κ1) is 20.2. The summed E-state index contributed by atoms with van der Waals surface area (Å²) in [6.45, 7) is 0.103. The minimum atomic E-state index is -1.07. The SMILES string of the molecule is COc1ccc(CN2C(=O)NC(CCC(=O)Nc3ccc(F)c(F)c3)C2=O)cc1. The number of hydrogen-bond acceptors (Lipinski definition) is 4. The van der Waals surface area contributed by atoms with Gasteiger partial charge in [0.15, 0.2) is 11.6 Å². The third kappa shape index (κ3) is 4.87. The second-order valence-electron chi connectivity index (χ2n) is 6.49. The number of amides is 4. The van der Waals surface area contributed by atoms with Gasteiger partial charge in [0.25, 0.3) is 5.91 Å². The van der Waals surface area contributed by atoms with E-state index >= 15 is 0 Å². The molecule has 4 amide bonds. The van der Waals surface area contributed by atoms with Gasteiger partial charge in [-0.15, -0.1) is 0 Å². The second-order valence-corrected chi connectivity index (χ2v) is 6.49. The number of urea groups is 1. The lowest BCUT2D eigenvalue weighted by molar-refractivity contribution is -0.128. The van der Waals surface area contributed by atoms with Crippen LogP contribution in [0, 0.1) is 11.6 Å². The van der Waals surface area contributed by atoms with Gasteiger partial charge >= 0.3 is 6.03 Å². The molecular weight excluding hydrogens is 384 g/mol. The van der Waals surface area contributed by atoms with Crippen molar-refractivity contribution in [1.29, 1.82) is 0 Å². The summed E-state index contributed by atoms with van der Waals surface area (Å²) in [5.74, 6) is -2.33. The van der Waals surface area contributed by atoms with E-state index in [9.17, 15) is 23.2 Å². The van der Waals surface area contributed by atoms with Crippen LogP contribution in [0.3, 0.4) is 0 Å². The summed E-state index contributed by atoms with van der Waals surface area (Å²) in [6.07, 6.45) is 0.00521. The molecule has 0 aliphatic carbocycles. The Balaban J connectivity index is 1.53. The lowest BCUT2D eigenvalue weighted by Gasteiger charge is -2.13. The van der Waals surface area contributed by atoms with Gasteiger partial charge in [0.2, 0.25) is 5.91 Å². The number of carbonyl (C=O) groups excluding carboxylic acids is 3. The fourth-order valence-electron chi connectivity index (χ4n) is 2.91. The first-order valence-electron chi connectivity index (χ1n) is 8.87. The number of benzene rings is 2. The highest BCUT2D eigenvalue weighted by Gasteiger charge is 2.37. The molecule has 1 unspecified atom stereocenters. The number of anilines is 1.